The Labute approximate surface area is 116 Å². The standard InChI is InChI=1S/C14H13Cl2NO/c1-18-13-4-2-3-9(7-13)14(17)10-5-11(15)8-12(16)6-10/h2-8,14H,17H2,1H3. The first kappa shape index (κ1) is 13.2. The summed E-state index contributed by atoms with van der Waals surface area (Å²) in [5, 5.41) is 1.16. The van der Waals surface area contributed by atoms with Crippen LogP contribution in [0.3, 0.4) is 0 Å². The minimum atomic E-state index is -0.281. The zero-order chi connectivity index (χ0) is 13.1. The van der Waals surface area contributed by atoms with Gasteiger partial charge < -0.3 is 10.5 Å². The van der Waals surface area contributed by atoms with Gasteiger partial charge in [-0.15, -0.1) is 0 Å². The molecule has 0 radical (unpaired) electrons. The fourth-order valence-corrected chi connectivity index (χ4v) is 2.33. The molecule has 2 N–H and O–H groups in total. The Balaban J connectivity index is 2.37. The molecule has 18 heavy (non-hydrogen) atoms. The number of halogens is 2. The summed E-state index contributed by atoms with van der Waals surface area (Å²) in [6.07, 6.45) is 0. The van der Waals surface area contributed by atoms with E-state index >= 15 is 0 Å². The van der Waals surface area contributed by atoms with E-state index in [1.54, 1.807) is 13.2 Å². The van der Waals surface area contributed by atoms with Gasteiger partial charge in [0.1, 0.15) is 5.75 Å². The summed E-state index contributed by atoms with van der Waals surface area (Å²) in [5.74, 6) is 0.774. The minimum absolute atomic E-state index is 0.281. The number of rotatable bonds is 3. The van der Waals surface area contributed by atoms with Gasteiger partial charge in [0.25, 0.3) is 0 Å². The maximum absolute atomic E-state index is 6.20. The van der Waals surface area contributed by atoms with E-state index in [4.69, 9.17) is 33.7 Å². The third-order valence-corrected chi connectivity index (χ3v) is 3.13. The lowest BCUT2D eigenvalue weighted by molar-refractivity contribution is 0.414. The van der Waals surface area contributed by atoms with E-state index < -0.39 is 0 Å². The van der Waals surface area contributed by atoms with Gasteiger partial charge in [-0.3, -0.25) is 0 Å². The van der Waals surface area contributed by atoms with Crippen LogP contribution in [0.4, 0.5) is 0 Å². The van der Waals surface area contributed by atoms with Crippen molar-refractivity contribution in [3.8, 4) is 5.75 Å². The van der Waals surface area contributed by atoms with Crippen molar-refractivity contribution < 1.29 is 4.74 Å². The fraction of sp³-hybridized carbons (Fsp3) is 0.143. The van der Waals surface area contributed by atoms with Crippen molar-refractivity contribution in [3.63, 3.8) is 0 Å². The van der Waals surface area contributed by atoms with Crippen LogP contribution >= 0.6 is 23.2 Å². The highest BCUT2D eigenvalue weighted by Crippen LogP contribution is 2.27. The summed E-state index contributed by atoms with van der Waals surface area (Å²) in [7, 11) is 1.63. The first-order chi connectivity index (χ1) is 8.60. The molecule has 2 aromatic carbocycles. The lowest BCUT2D eigenvalue weighted by atomic mass is 9.99. The fourth-order valence-electron chi connectivity index (χ4n) is 1.78. The predicted octanol–water partition coefficient (Wildman–Crippen LogP) is 4.05. The molecule has 0 spiro atoms. The zero-order valence-corrected chi connectivity index (χ0v) is 11.4. The molecule has 2 nitrogen and oxygen atoms in total. The Morgan fingerprint density at radius 3 is 2.28 bits per heavy atom. The number of benzene rings is 2. The number of ether oxygens (including phenoxy) is 1. The Morgan fingerprint density at radius 1 is 1.00 bits per heavy atom. The largest absolute Gasteiger partial charge is 0.497 e. The second-order valence-electron chi connectivity index (χ2n) is 3.96. The van der Waals surface area contributed by atoms with Crippen molar-refractivity contribution in [2.24, 2.45) is 5.73 Å². The summed E-state index contributed by atoms with van der Waals surface area (Å²) in [6, 6.07) is 12.7. The van der Waals surface area contributed by atoms with Gasteiger partial charge in [0.05, 0.1) is 13.2 Å². The molecular weight excluding hydrogens is 269 g/mol. The van der Waals surface area contributed by atoms with E-state index in [2.05, 4.69) is 0 Å². The lowest BCUT2D eigenvalue weighted by Gasteiger charge is -2.14. The molecule has 0 aliphatic rings. The Bertz CT molecular complexity index is 537. The second-order valence-corrected chi connectivity index (χ2v) is 4.83. The molecule has 0 aliphatic heterocycles. The van der Waals surface area contributed by atoms with E-state index in [0.29, 0.717) is 10.0 Å². The normalized spacial score (nSPS) is 12.2. The molecule has 94 valence electrons. The van der Waals surface area contributed by atoms with Crippen molar-refractivity contribution in [2.45, 2.75) is 6.04 Å². The van der Waals surface area contributed by atoms with Crippen molar-refractivity contribution in [1.29, 1.82) is 0 Å². The average molecular weight is 282 g/mol. The summed E-state index contributed by atoms with van der Waals surface area (Å²) >= 11 is 12.0. The van der Waals surface area contributed by atoms with E-state index in [9.17, 15) is 0 Å². The molecule has 0 aliphatic carbocycles. The van der Waals surface area contributed by atoms with Crippen LogP contribution in [0.25, 0.3) is 0 Å². The zero-order valence-electron chi connectivity index (χ0n) is 9.86. The second kappa shape index (κ2) is 5.61. The minimum Gasteiger partial charge on any atom is -0.497 e. The molecule has 2 rings (SSSR count). The summed E-state index contributed by atoms with van der Waals surface area (Å²) in [5.41, 5.74) is 8.03. The lowest BCUT2D eigenvalue weighted by Crippen LogP contribution is -2.11. The van der Waals surface area contributed by atoms with E-state index in [0.717, 1.165) is 16.9 Å². The Morgan fingerprint density at radius 2 is 1.67 bits per heavy atom. The molecule has 1 atom stereocenters. The molecular formula is C14H13Cl2NO. The highest BCUT2D eigenvalue weighted by molar-refractivity contribution is 6.34. The molecule has 4 heteroatoms. The van der Waals surface area contributed by atoms with Crippen LogP contribution in [0.5, 0.6) is 5.75 Å². The predicted molar refractivity (Wildman–Crippen MR) is 75.5 cm³/mol. The number of nitrogens with two attached hydrogens (primary N) is 1. The van der Waals surface area contributed by atoms with Crippen LogP contribution in [-0.4, -0.2) is 7.11 Å². The molecule has 0 bridgehead atoms. The van der Waals surface area contributed by atoms with Crippen molar-refractivity contribution >= 4 is 23.2 Å². The maximum atomic E-state index is 6.20. The first-order valence-electron chi connectivity index (χ1n) is 5.45. The van der Waals surface area contributed by atoms with Gasteiger partial charge in [0, 0.05) is 10.0 Å². The van der Waals surface area contributed by atoms with Crippen LogP contribution in [0, 0.1) is 0 Å². The van der Waals surface area contributed by atoms with Crippen LogP contribution < -0.4 is 10.5 Å². The molecule has 1 unspecified atom stereocenters. The number of hydrogen-bond acceptors (Lipinski definition) is 2. The van der Waals surface area contributed by atoms with Crippen LogP contribution in [0.2, 0.25) is 10.0 Å². The summed E-state index contributed by atoms with van der Waals surface area (Å²) < 4.78 is 5.18. The molecule has 0 saturated heterocycles. The summed E-state index contributed by atoms with van der Waals surface area (Å²) in [6.45, 7) is 0. The van der Waals surface area contributed by atoms with E-state index in [1.165, 1.54) is 0 Å². The van der Waals surface area contributed by atoms with Gasteiger partial charge in [-0.2, -0.15) is 0 Å². The SMILES string of the molecule is COc1cccc(C(N)c2cc(Cl)cc(Cl)c2)c1. The van der Waals surface area contributed by atoms with Crippen LogP contribution in [0.1, 0.15) is 17.2 Å². The molecule has 0 saturated carbocycles. The van der Waals surface area contributed by atoms with Gasteiger partial charge in [0.15, 0.2) is 0 Å². The van der Waals surface area contributed by atoms with Crippen molar-refractivity contribution in [2.75, 3.05) is 7.11 Å². The molecule has 0 amide bonds. The average Bonchev–Trinajstić information content (AvgIpc) is 2.37. The topological polar surface area (TPSA) is 35.2 Å². The smallest absolute Gasteiger partial charge is 0.119 e. The third kappa shape index (κ3) is 2.96. The van der Waals surface area contributed by atoms with Crippen LogP contribution in [-0.2, 0) is 0 Å². The van der Waals surface area contributed by atoms with Gasteiger partial charge in [-0.05, 0) is 41.5 Å². The number of hydrogen-bond donors (Lipinski definition) is 1. The molecule has 2 aromatic rings. The Kier molecular flexibility index (Phi) is 4.12. The first-order valence-corrected chi connectivity index (χ1v) is 6.21. The quantitative estimate of drug-likeness (QED) is 0.921. The summed E-state index contributed by atoms with van der Waals surface area (Å²) in [4.78, 5) is 0. The monoisotopic (exact) mass is 281 g/mol. The molecule has 0 fully saturated rings. The highest BCUT2D eigenvalue weighted by atomic mass is 35.5. The van der Waals surface area contributed by atoms with E-state index in [1.807, 2.05) is 36.4 Å². The van der Waals surface area contributed by atoms with E-state index in [-0.39, 0.29) is 6.04 Å². The highest BCUT2D eigenvalue weighted by Gasteiger charge is 2.11. The van der Waals surface area contributed by atoms with Gasteiger partial charge in [-0.1, -0.05) is 35.3 Å². The van der Waals surface area contributed by atoms with Gasteiger partial charge in [-0.25, -0.2) is 0 Å². The van der Waals surface area contributed by atoms with Gasteiger partial charge in [0.2, 0.25) is 0 Å². The van der Waals surface area contributed by atoms with Gasteiger partial charge >= 0.3 is 0 Å². The third-order valence-electron chi connectivity index (χ3n) is 2.70. The van der Waals surface area contributed by atoms with Crippen LogP contribution in [0.15, 0.2) is 42.5 Å². The van der Waals surface area contributed by atoms with Crippen molar-refractivity contribution in [3.05, 3.63) is 63.6 Å². The Hall–Kier alpha value is -1.22. The molecule has 0 aromatic heterocycles. The maximum Gasteiger partial charge on any atom is 0.119 e. The number of methoxy groups -OCH3 is 1. The molecule has 0 heterocycles. The van der Waals surface area contributed by atoms with Crippen molar-refractivity contribution in [1.82, 2.24) is 0 Å².